The number of unbranched alkanes of at least 4 members (excludes halogenated alkanes) is 1. The topological polar surface area (TPSA) is 92.8 Å². The second-order valence-corrected chi connectivity index (χ2v) is 8.65. The van der Waals surface area contributed by atoms with E-state index >= 15 is 0 Å². The Balaban J connectivity index is 2.05. The third-order valence-electron chi connectivity index (χ3n) is 3.94. The maximum Gasteiger partial charge on any atom is 0.338 e. The van der Waals surface area contributed by atoms with Crippen molar-refractivity contribution in [2.45, 2.75) is 19.8 Å². The van der Waals surface area contributed by atoms with Gasteiger partial charge in [0, 0.05) is 5.69 Å². The molecule has 0 aliphatic heterocycles. The van der Waals surface area contributed by atoms with Crippen LogP contribution in [0.1, 0.15) is 30.1 Å². The van der Waals surface area contributed by atoms with E-state index in [0.717, 1.165) is 23.4 Å². The van der Waals surface area contributed by atoms with Crippen molar-refractivity contribution < 1.29 is 22.7 Å². The molecular formula is C20H23ClN2O5S. The van der Waals surface area contributed by atoms with Gasteiger partial charge in [0.2, 0.25) is 15.9 Å². The highest BCUT2D eigenvalue weighted by molar-refractivity contribution is 7.92. The molecule has 0 bridgehead atoms. The molecule has 2 aromatic carbocycles. The number of nitrogens with zero attached hydrogens (tertiary/aromatic N) is 1. The summed E-state index contributed by atoms with van der Waals surface area (Å²) >= 11 is 6.08. The van der Waals surface area contributed by atoms with Crippen LogP contribution in [0.25, 0.3) is 0 Å². The van der Waals surface area contributed by atoms with Gasteiger partial charge < -0.3 is 10.1 Å². The van der Waals surface area contributed by atoms with Crippen LogP contribution < -0.4 is 9.62 Å². The van der Waals surface area contributed by atoms with E-state index in [1.807, 2.05) is 6.92 Å². The Morgan fingerprint density at radius 2 is 1.76 bits per heavy atom. The number of sulfonamides is 1. The number of carbonyl (C=O) groups excluding carboxylic acids is 2. The van der Waals surface area contributed by atoms with Crippen LogP contribution in [0.3, 0.4) is 0 Å². The lowest BCUT2D eigenvalue weighted by atomic mass is 10.2. The van der Waals surface area contributed by atoms with Gasteiger partial charge in [-0.1, -0.05) is 37.1 Å². The zero-order valence-corrected chi connectivity index (χ0v) is 17.8. The average Bonchev–Trinajstić information content (AvgIpc) is 2.66. The summed E-state index contributed by atoms with van der Waals surface area (Å²) in [7, 11) is -3.73. The summed E-state index contributed by atoms with van der Waals surface area (Å²) in [6.07, 6.45) is 2.72. The first-order valence-electron chi connectivity index (χ1n) is 9.01. The third kappa shape index (κ3) is 6.76. The lowest BCUT2D eigenvalue weighted by Gasteiger charge is -2.22. The Labute approximate surface area is 175 Å². The van der Waals surface area contributed by atoms with Crippen LogP contribution in [0, 0.1) is 0 Å². The van der Waals surface area contributed by atoms with Crippen molar-refractivity contribution in [3.63, 3.8) is 0 Å². The molecule has 0 heterocycles. The third-order valence-corrected chi connectivity index (χ3v) is 5.39. The number of nitrogens with one attached hydrogen (secondary N) is 1. The molecule has 1 amide bonds. The molecule has 0 aliphatic carbocycles. The van der Waals surface area contributed by atoms with Crippen molar-refractivity contribution in [2.75, 3.05) is 29.0 Å². The number of esters is 1. The highest BCUT2D eigenvalue weighted by atomic mass is 35.5. The first kappa shape index (κ1) is 22.7. The molecule has 9 heteroatoms. The summed E-state index contributed by atoms with van der Waals surface area (Å²) in [5.41, 5.74) is 1.01. The van der Waals surface area contributed by atoms with Crippen molar-refractivity contribution in [2.24, 2.45) is 0 Å². The number of benzene rings is 2. The van der Waals surface area contributed by atoms with E-state index < -0.39 is 28.4 Å². The first-order chi connectivity index (χ1) is 13.7. The summed E-state index contributed by atoms with van der Waals surface area (Å²) < 4.78 is 30.3. The number of para-hydroxylation sites is 1. The van der Waals surface area contributed by atoms with Crippen LogP contribution in [-0.2, 0) is 19.6 Å². The Kier molecular flexibility index (Phi) is 8.04. The monoisotopic (exact) mass is 438 g/mol. The molecule has 7 nitrogen and oxygen atoms in total. The Morgan fingerprint density at radius 1 is 1.10 bits per heavy atom. The smallest absolute Gasteiger partial charge is 0.338 e. The first-order valence-corrected chi connectivity index (χ1v) is 11.2. The molecule has 0 atom stereocenters. The van der Waals surface area contributed by atoms with E-state index in [-0.39, 0.29) is 10.7 Å². The molecule has 0 saturated heterocycles. The van der Waals surface area contributed by atoms with Crippen molar-refractivity contribution >= 4 is 44.9 Å². The Morgan fingerprint density at radius 3 is 2.34 bits per heavy atom. The molecule has 0 aromatic heterocycles. The number of carbonyl (C=O) groups is 2. The quantitative estimate of drug-likeness (QED) is 0.476. The number of hydrogen-bond acceptors (Lipinski definition) is 5. The molecule has 29 heavy (non-hydrogen) atoms. The second-order valence-electron chi connectivity index (χ2n) is 6.34. The lowest BCUT2D eigenvalue weighted by Crippen LogP contribution is -2.37. The van der Waals surface area contributed by atoms with Crippen molar-refractivity contribution in [3.05, 3.63) is 59.1 Å². The number of rotatable bonds is 9. The fraction of sp³-hybridized carbons (Fsp3) is 0.300. The van der Waals surface area contributed by atoms with Crippen LogP contribution >= 0.6 is 11.6 Å². The van der Waals surface area contributed by atoms with Crippen molar-refractivity contribution in [1.29, 1.82) is 0 Å². The average molecular weight is 439 g/mol. The van der Waals surface area contributed by atoms with Crippen LogP contribution in [0.2, 0.25) is 5.02 Å². The minimum atomic E-state index is -3.73. The number of amides is 1. The number of ether oxygens (including phenoxy) is 1. The standard InChI is InChI=1S/C20H23ClN2O5S/c1-3-4-13-28-20(25)15-9-11-16(12-10-15)22-19(24)14-23(29(2,26)27)18-8-6-5-7-17(18)21/h5-12H,3-4,13-14H2,1-2H3,(H,22,24). The van der Waals surface area contributed by atoms with Gasteiger partial charge in [0.05, 0.1) is 29.1 Å². The molecule has 2 aromatic rings. The van der Waals surface area contributed by atoms with Gasteiger partial charge in [0.25, 0.3) is 0 Å². The minimum Gasteiger partial charge on any atom is -0.462 e. The van der Waals surface area contributed by atoms with Gasteiger partial charge in [-0.25, -0.2) is 13.2 Å². The molecule has 0 aliphatic rings. The molecule has 0 radical (unpaired) electrons. The largest absolute Gasteiger partial charge is 0.462 e. The van der Waals surface area contributed by atoms with E-state index in [1.165, 1.54) is 18.2 Å². The Bertz CT molecular complexity index is 961. The van der Waals surface area contributed by atoms with Gasteiger partial charge in [0.15, 0.2) is 0 Å². The minimum absolute atomic E-state index is 0.219. The van der Waals surface area contributed by atoms with E-state index in [1.54, 1.807) is 30.3 Å². The molecule has 0 spiro atoms. The predicted molar refractivity (Wildman–Crippen MR) is 114 cm³/mol. The number of hydrogen-bond donors (Lipinski definition) is 1. The van der Waals surface area contributed by atoms with Gasteiger partial charge in [-0.05, 0) is 42.8 Å². The predicted octanol–water partition coefficient (Wildman–Crippen LogP) is 3.70. The van der Waals surface area contributed by atoms with Gasteiger partial charge in [-0.3, -0.25) is 9.10 Å². The SMILES string of the molecule is CCCCOC(=O)c1ccc(NC(=O)CN(c2ccccc2Cl)S(C)(=O)=O)cc1. The molecule has 0 saturated carbocycles. The fourth-order valence-corrected chi connectivity index (χ4v) is 3.60. The maximum absolute atomic E-state index is 12.4. The van der Waals surface area contributed by atoms with E-state index in [2.05, 4.69) is 5.32 Å². The number of halogens is 1. The molecule has 0 fully saturated rings. The van der Waals surface area contributed by atoms with Gasteiger partial charge >= 0.3 is 5.97 Å². The second kappa shape index (κ2) is 10.3. The lowest BCUT2D eigenvalue weighted by molar-refractivity contribution is -0.114. The molecular weight excluding hydrogens is 416 g/mol. The van der Waals surface area contributed by atoms with Gasteiger partial charge in [-0.15, -0.1) is 0 Å². The van der Waals surface area contributed by atoms with Crippen LogP contribution in [0.15, 0.2) is 48.5 Å². The zero-order valence-electron chi connectivity index (χ0n) is 16.2. The number of anilines is 2. The molecule has 1 N–H and O–H groups in total. The van der Waals surface area contributed by atoms with Gasteiger partial charge in [0.1, 0.15) is 6.54 Å². The maximum atomic E-state index is 12.4. The van der Waals surface area contributed by atoms with E-state index in [0.29, 0.717) is 17.9 Å². The van der Waals surface area contributed by atoms with E-state index in [4.69, 9.17) is 16.3 Å². The summed E-state index contributed by atoms with van der Waals surface area (Å²) in [6, 6.07) is 12.5. The summed E-state index contributed by atoms with van der Waals surface area (Å²) in [4.78, 5) is 24.3. The normalized spacial score (nSPS) is 11.0. The zero-order chi connectivity index (χ0) is 21.4. The molecule has 2 rings (SSSR count). The van der Waals surface area contributed by atoms with Crippen LogP contribution in [0.5, 0.6) is 0 Å². The van der Waals surface area contributed by atoms with Crippen molar-refractivity contribution in [3.8, 4) is 0 Å². The van der Waals surface area contributed by atoms with Crippen molar-refractivity contribution in [1.82, 2.24) is 0 Å². The summed E-state index contributed by atoms with van der Waals surface area (Å²) in [5.74, 6) is -0.980. The fourth-order valence-electron chi connectivity index (χ4n) is 2.45. The molecule has 0 unspecified atom stereocenters. The highest BCUT2D eigenvalue weighted by Gasteiger charge is 2.22. The van der Waals surface area contributed by atoms with Gasteiger partial charge in [-0.2, -0.15) is 0 Å². The Hall–Kier alpha value is -2.58. The van der Waals surface area contributed by atoms with Crippen LogP contribution in [-0.4, -0.2) is 39.7 Å². The van der Waals surface area contributed by atoms with E-state index in [9.17, 15) is 18.0 Å². The summed E-state index contributed by atoms with van der Waals surface area (Å²) in [6.45, 7) is 1.92. The highest BCUT2D eigenvalue weighted by Crippen LogP contribution is 2.27. The summed E-state index contributed by atoms with van der Waals surface area (Å²) in [5, 5.41) is 2.83. The molecule has 156 valence electrons. The van der Waals surface area contributed by atoms with Crippen LogP contribution in [0.4, 0.5) is 11.4 Å².